The second-order valence-electron chi connectivity index (χ2n) is 4.61. The molecule has 0 spiro atoms. The van der Waals surface area contributed by atoms with Gasteiger partial charge in [-0.15, -0.1) is 0 Å². The molecule has 0 saturated carbocycles. The van der Waals surface area contributed by atoms with Crippen molar-refractivity contribution in [2.24, 2.45) is 0 Å². The molecule has 0 aliphatic carbocycles. The van der Waals surface area contributed by atoms with Crippen molar-refractivity contribution in [3.05, 3.63) is 34.5 Å². The van der Waals surface area contributed by atoms with E-state index in [1.54, 1.807) is 13.1 Å². The summed E-state index contributed by atoms with van der Waals surface area (Å²) in [5.41, 5.74) is 0. The fourth-order valence-electron chi connectivity index (χ4n) is 2.14. The molecule has 1 aromatic rings. The lowest BCUT2D eigenvalue weighted by Crippen LogP contribution is -2.49. The molecule has 1 aromatic heterocycles. The summed E-state index contributed by atoms with van der Waals surface area (Å²) in [5, 5.41) is 10.6. The van der Waals surface area contributed by atoms with Crippen LogP contribution in [0.4, 0.5) is 5.82 Å². The number of pyridine rings is 1. The Hall–Kier alpha value is -1.69. The average molecular weight is 250 g/mol. The Morgan fingerprint density at radius 3 is 2.67 bits per heavy atom. The molecule has 18 heavy (non-hydrogen) atoms. The normalized spacial score (nSPS) is 18.6. The van der Waals surface area contributed by atoms with Gasteiger partial charge in [-0.05, 0) is 12.1 Å². The quantitative estimate of drug-likeness (QED) is 0.586. The number of anilines is 1. The largest absolute Gasteiger partial charge is 0.354 e. The fraction of sp³-hybridized carbons (Fsp3) is 0.583. The number of nitrogens with zero attached hydrogens (tertiary/aromatic N) is 4. The highest BCUT2D eigenvalue weighted by Crippen LogP contribution is 2.12. The predicted molar refractivity (Wildman–Crippen MR) is 69.3 cm³/mol. The van der Waals surface area contributed by atoms with E-state index >= 15 is 0 Å². The Balaban J connectivity index is 1.83. The van der Waals surface area contributed by atoms with Crippen molar-refractivity contribution in [3.8, 4) is 0 Å². The Kier molecular flexibility index (Phi) is 4.09. The fourth-order valence-corrected chi connectivity index (χ4v) is 2.14. The second kappa shape index (κ2) is 5.77. The monoisotopic (exact) mass is 250 g/mol. The maximum absolute atomic E-state index is 10.6. The molecular formula is C12H18N4O2. The molecule has 1 saturated heterocycles. The summed E-state index contributed by atoms with van der Waals surface area (Å²) in [6.07, 6.45) is 1.79. The van der Waals surface area contributed by atoms with Gasteiger partial charge in [-0.2, -0.15) is 0 Å². The first kappa shape index (κ1) is 12.8. The van der Waals surface area contributed by atoms with Crippen LogP contribution < -0.4 is 4.90 Å². The third kappa shape index (κ3) is 3.16. The molecular weight excluding hydrogens is 232 g/mol. The third-order valence-corrected chi connectivity index (χ3v) is 3.23. The maximum atomic E-state index is 10.6. The van der Waals surface area contributed by atoms with Gasteiger partial charge in [0.1, 0.15) is 5.82 Å². The first-order chi connectivity index (χ1) is 8.66. The molecule has 98 valence electrons. The van der Waals surface area contributed by atoms with Crippen molar-refractivity contribution in [2.45, 2.75) is 13.0 Å². The van der Waals surface area contributed by atoms with E-state index in [1.165, 1.54) is 0 Å². The Labute approximate surface area is 106 Å². The van der Waals surface area contributed by atoms with Gasteiger partial charge < -0.3 is 4.90 Å². The number of hydrogen-bond donors (Lipinski definition) is 0. The molecule has 6 nitrogen and oxygen atoms in total. The van der Waals surface area contributed by atoms with Crippen LogP contribution in [0.25, 0.3) is 0 Å². The smallest absolute Gasteiger partial charge is 0.222 e. The molecule has 6 heteroatoms. The Morgan fingerprint density at radius 2 is 2.11 bits per heavy atom. The van der Waals surface area contributed by atoms with E-state index in [9.17, 15) is 10.1 Å². The lowest BCUT2D eigenvalue weighted by Gasteiger charge is -2.35. The van der Waals surface area contributed by atoms with Gasteiger partial charge in [0.2, 0.25) is 6.04 Å². The molecule has 1 unspecified atom stereocenters. The van der Waals surface area contributed by atoms with E-state index < -0.39 is 6.04 Å². The van der Waals surface area contributed by atoms with Gasteiger partial charge in [-0.25, -0.2) is 4.98 Å². The highest BCUT2D eigenvalue weighted by atomic mass is 16.6. The minimum absolute atomic E-state index is 0.217. The highest BCUT2D eigenvalue weighted by Gasteiger charge is 2.22. The third-order valence-electron chi connectivity index (χ3n) is 3.23. The van der Waals surface area contributed by atoms with E-state index in [1.807, 2.05) is 18.2 Å². The van der Waals surface area contributed by atoms with Crippen LogP contribution in [0.15, 0.2) is 24.4 Å². The van der Waals surface area contributed by atoms with Gasteiger partial charge in [-0.3, -0.25) is 15.0 Å². The minimum atomic E-state index is -0.494. The van der Waals surface area contributed by atoms with Crippen LogP contribution in [0.3, 0.4) is 0 Å². The van der Waals surface area contributed by atoms with E-state index in [4.69, 9.17) is 0 Å². The molecule has 0 aromatic carbocycles. The zero-order valence-corrected chi connectivity index (χ0v) is 10.5. The SMILES string of the molecule is CC(CN1CCN(c2ccccn2)CC1)[N+](=O)[O-]. The topological polar surface area (TPSA) is 62.5 Å². The number of piperazine rings is 1. The van der Waals surface area contributed by atoms with Gasteiger partial charge in [-0.1, -0.05) is 6.07 Å². The van der Waals surface area contributed by atoms with Crippen LogP contribution in [0, 0.1) is 10.1 Å². The number of aromatic nitrogens is 1. The standard InChI is InChI=1S/C12H18N4O2/c1-11(16(17)18)10-14-6-8-15(9-7-14)12-4-2-3-5-13-12/h2-5,11H,6-10H2,1H3. The molecule has 2 heterocycles. The van der Waals surface area contributed by atoms with Gasteiger partial charge in [0.25, 0.3) is 0 Å². The summed E-state index contributed by atoms with van der Waals surface area (Å²) < 4.78 is 0. The number of rotatable bonds is 4. The maximum Gasteiger partial charge on any atom is 0.222 e. The Morgan fingerprint density at radius 1 is 1.39 bits per heavy atom. The molecule has 1 aliphatic rings. The van der Waals surface area contributed by atoms with E-state index in [2.05, 4.69) is 14.8 Å². The van der Waals surface area contributed by atoms with Crippen LogP contribution in [-0.2, 0) is 0 Å². The van der Waals surface area contributed by atoms with Gasteiger partial charge in [0, 0.05) is 44.2 Å². The minimum Gasteiger partial charge on any atom is -0.354 e. The first-order valence-corrected chi connectivity index (χ1v) is 6.18. The number of nitro groups is 1. The second-order valence-corrected chi connectivity index (χ2v) is 4.61. The van der Waals surface area contributed by atoms with Crippen molar-refractivity contribution in [2.75, 3.05) is 37.6 Å². The van der Waals surface area contributed by atoms with Crippen LogP contribution in [0.2, 0.25) is 0 Å². The van der Waals surface area contributed by atoms with Gasteiger partial charge >= 0.3 is 0 Å². The zero-order valence-electron chi connectivity index (χ0n) is 10.5. The molecule has 1 atom stereocenters. The molecule has 0 bridgehead atoms. The summed E-state index contributed by atoms with van der Waals surface area (Å²) >= 11 is 0. The molecule has 1 aliphatic heterocycles. The summed E-state index contributed by atoms with van der Waals surface area (Å²) in [4.78, 5) is 19.1. The van der Waals surface area contributed by atoms with Crippen molar-refractivity contribution in [3.63, 3.8) is 0 Å². The van der Waals surface area contributed by atoms with Gasteiger partial charge in [0.05, 0.1) is 6.54 Å². The van der Waals surface area contributed by atoms with Crippen LogP contribution in [0.5, 0.6) is 0 Å². The molecule has 0 radical (unpaired) electrons. The molecule has 0 N–H and O–H groups in total. The number of hydrogen-bond acceptors (Lipinski definition) is 5. The van der Waals surface area contributed by atoms with Crippen molar-refractivity contribution >= 4 is 5.82 Å². The molecule has 0 amide bonds. The molecule has 2 rings (SSSR count). The van der Waals surface area contributed by atoms with Crippen LogP contribution in [0.1, 0.15) is 6.92 Å². The summed E-state index contributed by atoms with van der Waals surface area (Å²) in [7, 11) is 0. The van der Waals surface area contributed by atoms with Crippen molar-refractivity contribution in [1.29, 1.82) is 0 Å². The zero-order chi connectivity index (χ0) is 13.0. The highest BCUT2D eigenvalue weighted by molar-refractivity contribution is 5.38. The van der Waals surface area contributed by atoms with E-state index in [0.29, 0.717) is 6.54 Å². The predicted octanol–water partition coefficient (Wildman–Crippen LogP) is 0.869. The Bertz CT molecular complexity index is 390. The summed E-state index contributed by atoms with van der Waals surface area (Å²) in [6.45, 7) is 5.65. The van der Waals surface area contributed by atoms with Crippen molar-refractivity contribution < 1.29 is 4.92 Å². The lowest BCUT2D eigenvalue weighted by atomic mass is 10.2. The van der Waals surface area contributed by atoms with Crippen LogP contribution in [-0.4, -0.2) is 53.6 Å². The average Bonchev–Trinajstić information content (AvgIpc) is 2.40. The first-order valence-electron chi connectivity index (χ1n) is 6.18. The van der Waals surface area contributed by atoms with Crippen LogP contribution >= 0.6 is 0 Å². The molecule has 1 fully saturated rings. The lowest BCUT2D eigenvalue weighted by molar-refractivity contribution is -0.518. The summed E-state index contributed by atoms with van der Waals surface area (Å²) in [5.74, 6) is 0.986. The van der Waals surface area contributed by atoms with Gasteiger partial charge in [0.15, 0.2) is 0 Å². The van der Waals surface area contributed by atoms with Crippen molar-refractivity contribution in [1.82, 2.24) is 9.88 Å². The summed E-state index contributed by atoms with van der Waals surface area (Å²) in [6, 6.07) is 5.38. The van der Waals surface area contributed by atoms with E-state index in [0.717, 1.165) is 32.0 Å². The van der Waals surface area contributed by atoms with E-state index in [-0.39, 0.29) is 4.92 Å².